The minimum absolute atomic E-state index is 0.465. The van der Waals surface area contributed by atoms with Crippen LogP contribution < -0.4 is 15.5 Å². The van der Waals surface area contributed by atoms with E-state index in [9.17, 15) is 0 Å². The van der Waals surface area contributed by atoms with Gasteiger partial charge in [-0.3, -0.25) is 5.43 Å². The van der Waals surface area contributed by atoms with Crippen molar-refractivity contribution >= 4 is 29.2 Å². The predicted molar refractivity (Wildman–Crippen MR) is 114 cm³/mol. The summed E-state index contributed by atoms with van der Waals surface area (Å²) in [6.07, 6.45) is 2.79. The third-order valence-corrected chi connectivity index (χ3v) is 4.14. The van der Waals surface area contributed by atoms with Crippen molar-refractivity contribution in [3.05, 3.63) is 59.2 Å². The molecular formula is C21H27N3OS. The molecule has 0 spiro atoms. The number of hydrogen-bond acceptors (Lipinski definition) is 3. The second-order valence-corrected chi connectivity index (χ2v) is 7.10. The van der Waals surface area contributed by atoms with Crippen LogP contribution in [0.1, 0.15) is 37.0 Å². The highest BCUT2D eigenvalue weighted by atomic mass is 32.1. The van der Waals surface area contributed by atoms with Crippen LogP contribution in [0.25, 0.3) is 0 Å². The molecule has 26 heavy (non-hydrogen) atoms. The molecule has 0 aliphatic rings. The molecular weight excluding hydrogens is 342 g/mol. The highest BCUT2D eigenvalue weighted by Crippen LogP contribution is 2.19. The number of rotatable bonds is 7. The molecule has 0 saturated heterocycles. The molecule has 2 N–H and O–H groups in total. The second kappa shape index (κ2) is 9.92. The van der Waals surface area contributed by atoms with Crippen LogP contribution in [-0.2, 0) is 0 Å². The van der Waals surface area contributed by atoms with Gasteiger partial charge in [-0.2, -0.15) is 5.10 Å². The third kappa shape index (κ3) is 6.48. The van der Waals surface area contributed by atoms with E-state index in [1.165, 1.54) is 0 Å². The molecule has 0 amide bonds. The molecule has 0 fully saturated rings. The fourth-order valence-electron chi connectivity index (χ4n) is 2.38. The number of thiocarbonyl (C=S) groups is 1. The molecule has 2 rings (SSSR count). The SMILES string of the molecule is Cc1cccc(C)c1NC(=S)NN=Cc1ccc(OCCC(C)C)cc1. The van der Waals surface area contributed by atoms with E-state index in [2.05, 4.69) is 29.7 Å². The Bertz CT molecular complexity index is 734. The number of aryl methyl sites for hydroxylation is 2. The van der Waals surface area contributed by atoms with Crippen LogP contribution in [0, 0.1) is 19.8 Å². The van der Waals surface area contributed by atoms with E-state index in [0.29, 0.717) is 11.0 Å². The van der Waals surface area contributed by atoms with Gasteiger partial charge in [-0.25, -0.2) is 0 Å². The standard InChI is InChI=1S/C21H27N3OS/c1-15(2)12-13-25-19-10-8-18(9-11-19)14-22-24-21(26)23-20-16(3)6-5-7-17(20)4/h5-11,14-15H,12-13H2,1-4H3,(H2,23,24,26). The zero-order chi connectivity index (χ0) is 18.9. The zero-order valence-electron chi connectivity index (χ0n) is 15.9. The number of benzene rings is 2. The predicted octanol–water partition coefficient (Wildman–Crippen LogP) is 5.05. The topological polar surface area (TPSA) is 45.7 Å². The normalized spacial score (nSPS) is 11.0. The average Bonchev–Trinajstić information content (AvgIpc) is 2.59. The lowest BCUT2D eigenvalue weighted by atomic mass is 10.1. The van der Waals surface area contributed by atoms with Crippen molar-refractivity contribution in [1.29, 1.82) is 0 Å². The highest BCUT2D eigenvalue weighted by Gasteiger charge is 2.03. The van der Waals surface area contributed by atoms with Gasteiger partial charge in [-0.1, -0.05) is 32.0 Å². The molecule has 4 nitrogen and oxygen atoms in total. The van der Waals surface area contributed by atoms with Gasteiger partial charge in [0.15, 0.2) is 5.11 Å². The number of anilines is 1. The van der Waals surface area contributed by atoms with E-state index in [0.717, 1.165) is 41.2 Å². The van der Waals surface area contributed by atoms with Crippen molar-refractivity contribution in [1.82, 2.24) is 5.43 Å². The summed E-state index contributed by atoms with van der Waals surface area (Å²) in [5, 5.41) is 7.85. The van der Waals surface area contributed by atoms with Gasteiger partial charge in [-0.15, -0.1) is 0 Å². The molecule has 0 bridgehead atoms. The molecule has 0 heterocycles. The minimum Gasteiger partial charge on any atom is -0.494 e. The summed E-state index contributed by atoms with van der Waals surface area (Å²) < 4.78 is 5.71. The Balaban J connectivity index is 1.83. The average molecular weight is 370 g/mol. The zero-order valence-corrected chi connectivity index (χ0v) is 16.7. The summed E-state index contributed by atoms with van der Waals surface area (Å²) in [7, 11) is 0. The summed E-state index contributed by atoms with van der Waals surface area (Å²) in [6.45, 7) is 9.22. The van der Waals surface area contributed by atoms with Crippen LogP contribution >= 0.6 is 12.2 Å². The Morgan fingerprint density at radius 2 is 1.77 bits per heavy atom. The lowest BCUT2D eigenvalue weighted by molar-refractivity contribution is 0.289. The van der Waals surface area contributed by atoms with Gasteiger partial charge in [-0.05, 0) is 79.4 Å². The maximum Gasteiger partial charge on any atom is 0.191 e. The minimum atomic E-state index is 0.465. The molecule has 0 atom stereocenters. The molecule has 138 valence electrons. The Kier molecular flexibility index (Phi) is 7.60. The molecule has 0 aliphatic heterocycles. The van der Waals surface area contributed by atoms with E-state index in [1.54, 1.807) is 6.21 Å². The first-order valence-electron chi connectivity index (χ1n) is 8.85. The Morgan fingerprint density at radius 3 is 2.38 bits per heavy atom. The van der Waals surface area contributed by atoms with E-state index in [4.69, 9.17) is 17.0 Å². The van der Waals surface area contributed by atoms with Gasteiger partial charge in [0.25, 0.3) is 0 Å². The fraction of sp³-hybridized carbons (Fsp3) is 0.333. The Morgan fingerprint density at radius 1 is 1.12 bits per heavy atom. The molecule has 0 radical (unpaired) electrons. The Hall–Kier alpha value is -2.40. The first-order chi connectivity index (χ1) is 12.5. The summed E-state index contributed by atoms with van der Waals surface area (Å²) in [5.41, 5.74) is 7.14. The van der Waals surface area contributed by atoms with Crippen molar-refractivity contribution in [3.63, 3.8) is 0 Å². The second-order valence-electron chi connectivity index (χ2n) is 6.69. The van der Waals surface area contributed by atoms with Crippen molar-refractivity contribution in [2.24, 2.45) is 11.0 Å². The molecule has 0 aliphatic carbocycles. The molecule has 0 unspecified atom stereocenters. The molecule has 5 heteroatoms. The van der Waals surface area contributed by atoms with Crippen LogP contribution in [0.3, 0.4) is 0 Å². The van der Waals surface area contributed by atoms with Gasteiger partial charge >= 0.3 is 0 Å². The van der Waals surface area contributed by atoms with Crippen molar-refractivity contribution in [3.8, 4) is 5.75 Å². The quantitative estimate of drug-likeness (QED) is 0.407. The van der Waals surface area contributed by atoms with Crippen LogP contribution in [0.4, 0.5) is 5.69 Å². The molecule has 2 aromatic carbocycles. The van der Waals surface area contributed by atoms with E-state index >= 15 is 0 Å². The smallest absolute Gasteiger partial charge is 0.191 e. The Labute approximate surface area is 161 Å². The van der Waals surface area contributed by atoms with Crippen LogP contribution in [0.15, 0.2) is 47.6 Å². The molecule has 0 saturated carbocycles. The summed E-state index contributed by atoms with van der Waals surface area (Å²) in [5.74, 6) is 1.52. The first-order valence-corrected chi connectivity index (χ1v) is 9.25. The number of nitrogens with zero attached hydrogens (tertiary/aromatic N) is 1. The van der Waals surface area contributed by atoms with Gasteiger partial charge in [0.2, 0.25) is 0 Å². The van der Waals surface area contributed by atoms with E-state index in [1.807, 2.05) is 56.3 Å². The first kappa shape index (κ1) is 19.9. The largest absolute Gasteiger partial charge is 0.494 e. The maximum absolute atomic E-state index is 5.71. The van der Waals surface area contributed by atoms with Gasteiger partial charge in [0.05, 0.1) is 12.8 Å². The van der Waals surface area contributed by atoms with E-state index in [-0.39, 0.29) is 0 Å². The van der Waals surface area contributed by atoms with Crippen LogP contribution in [0.5, 0.6) is 5.75 Å². The molecule has 2 aromatic rings. The van der Waals surface area contributed by atoms with Crippen molar-refractivity contribution in [2.75, 3.05) is 11.9 Å². The van der Waals surface area contributed by atoms with E-state index < -0.39 is 0 Å². The van der Waals surface area contributed by atoms with Gasteiger partial charge in [0.1, 0.15) is 5.75 Å². The van der Waals surface area contributed by atoms with Crippen LogP contribution in [0.2, 0.25) is 0 Å². The number of hydrogen-bond donors (Lipinski definition) is 2. The maximum atomic E-state index is 5.71. The summed E-state index contributed by atoms with van der Waals surface area (Å²) in [6, 6.07) is 14.0. The summed E-state index contributed by atoms with van der Waals surface area (Å²) in [4.78, 5) is 0. The summed E-state index contributed by atoms with van der Waals surface area (Å²) >= 11 is 5.30. The number of para-hydroxylation sites is 1. The van der Waals surface area contributed by atoms with Gasteiger partial charge in [0, 0.05) is 5.69 Å². The number of ether oxygens (including phenoxy) is 1. The third-order valence-electron chi connectivity index (χ3n) is 3.94. The fourth-order valence-corrected chi connectivity index (χ4v) is 2.54. The highest BCUT2D eigenvalue weighted by molar-refractivity contribution is 7.80. The van der Waals surface area contributed by atoms with Crippen LogP contribution in [-0.4, -0.2) is 17.9 Å². The van der Waals surface area contributed by atoms with Crippen molar-refractivity contribution < 1.29 is 4.74 Å². The number of hydrazone groups is 1. The number of nitrogens with one attached hydrogen (secondary N) is 2. The monoisotopic (exact) mass is 369 g/mol. The van der Waals surface area contributed by atoms with Crippen molar-refractivity contribution in [2.45, 2.75) is 34.1 Å². The lowest BCUT2D eigenvalue weighted by Crippen LogP contribution is -2.24. The van der Waals surface area contributed by atoms with Gasteiger partial charge < -0.3 is 10.1 Å². The lowest BCUT2D eigenvalue weighted by Gasteiger charge is -2.12. The molecule has 0 aromatic heterocycles.